The molecule has 1 aromatic carbocycles. The predicted molar refractivity (Wildman–Crippen MR) is 69.2 cm³/mol. The van der Waals surface area contributed by atoms with Gasteiger partial charge in [0.1, 0.15) is 17.4 Å². The zero-order valence-electron chi connectivity index (χ0n) is 9.84. The van der Waals surface area contributed by atoms with E-state index in [2.05, 4.69) is 4.98 Å². The number of fused-ring (bicyclic) bond motifs is 2. The SMILES string of the molecule is O=C(O)c1coc2cc3cc(O)c(=O)[nH]c3cc2c1=O. The topological polar surface area (TPSA) is 121 Å². The molecule has 7 heteroatoms. The molecule has 0 bridgehead atoms. The van der Waals surface area contributed by atoms with Crippen molar-refractivity contribution in [1.29, 1.82) is 0 Å². The van der Waals surface area contributed by atoms with Crippen LogP contribution < -0.4 is 11.0 Å². The third-order valence-electron chi connectivity index (χ3n) is 2.95. The Morgan fingerprint density at radius 3 is 2.65 bits per heavy atom. The van der Waals surface area contributed by atoms with Crippen molar-refractivity contribution in [2.24, 2.45) is 0 Å². The maximum absolute atomic E-state index is 12.0. The standard InChI is InChI=1S/C13H7NO6/c15-9-1-5-2-10-6(3-8(5)14-12(9)17)11(16)7(4-20-10)13(18)19/h1-4,15H,(H,14,17)(H,18,19). The summed E-state index contributed by atoms with van der Waals surface area (Å²) in [5.74, 6) is -1.85. The van der Waals surface area contributed by atoms with Crippen molar-refractivity contribution in [2.75, 3.05) is 0 Å². The van der Waals surface area contributed by atoms with Gasteiger partial charge in [0.05, 0.1) is 5.39 Å². The summed E-state index contributed by atoms with van der Waals surface area (Å²) in [6.07, 6.45) is 0.865. The normalized spacial score (nSPS) is 11.0. The summed E-state index contributed by atoms with van der Waals surface area (Å²) in [5.41, 5.74) is -1.42. The van der Waals surface area contributed by atoms with E-state index in [1.165, 1.54) is 18.2 Å². The van der Waals surface area contributed by atoms with Gasteiger partial charge in [0.25, 0.3) is 5.56 Å². The number of nitrogens with one attached hydrogen (secondary N) is 1. The van der Waals surface area contributed by atoms with Gasteiger partial charge in [-0.25, -0.2) is 4.79 Å². The second-order valence-corrected chi connectivity index (χ2v) is 4.20. The van der Waals surface area contributed by atoms with Crippen molar-refractivity contribution in [1.82, 2.24) is 4.98 Å². The lowest BCUT2D eigenvalue weighted by atomic mass is 10.1. The Morgan fingerprint density at radius 1 is 1.20 bits per heavy atom. The number of aromatic amines is 1. The Balaban J connectivity index is 2.48. The number of carbonyl (C=O) groups is 1. The highest BCUT2D eigenvalue weighted by Gasteiger charge is 2.14. The van der Waals surface area contributed by atoms with Crippen LogP contribution in [0, 0.1) is 0 Å². The molecule has 0 fully saturated rings. The number of benzene rings is 1. The molecule has 0 amide bonds. The highest BCUT2D eigenvalue weighted by Crippen LogP contribution is 2.21. The van der Waals surface area contributed by atoms with E-state index in [4.69, 9.17) is 9.52 Å². The zero-order chi connectivity index (χ0) is 14.4. The first-order valence-electron chi connectivity index (χ1n) is 5.52. The van der Waals surface area contributed by atoms with Crippen LogP contribution in [-0.2, 0) is 0 Å². The van der Waals surface area contributed by atoms with Crippen LogP contribution in [0.5, 0.6) is 5.75 Å². The van der Waals surface area contributed by atoms with E-state index < -0.39 is 28.3 Å². The van der Waals surface area contributed by atoms with Crippen LogP contribution in [0.15, 0.2) is 38.5 Å². The summed E-state index contributed by atoms with van der Waals surface area (Å²) in [7, 11) is 0. The number of pyridine rings is 1. The van der Waals surface area contributed by atoms with E-state index >= 15 is 0 Å². The fourth-order valence-electron chi connectivity index (χ4n) is 1.97. The van der Waals surface area contributed by atoms with E-state index in [0.717, 1.165) is 6.26 Å². The first-order chi connectivity index (χ1) is 9.47. The van der Waals surface area contributed by atoms with E-state index in [-0.39, 0.29) is 11.0 Å². The van der Waals surface area contributed by atoms with E-state index in [1.807, 2.05) is 0 Å². The molecule has 7 nitrogen and oxygen atoms in total. The number of hydrogen-bond donors (Lipinski definition) is 3. The second-order valence-electron chi connectivity index (χ2n) is 4.20. The highest BCUT2D eigenvalue weighted by molar-refractivity contribution is 5.97. The monoisotopic (exact) mass is 273 g/mol. The lowest BCUT2D eigenvalue weighted by molar-refractivity contribution is 0.0693. The van der Waals surface area contributed by atoms with Crippen molar-refractivity contribution in [3.05, 3.63) is 50.6 Å². The summed E-state index contributed by atoms with van der Waals surface area (Å²) in [4.78, 5) is 36.6. The molecule has 0 atom stereocenters. The maximum Gasteiger partial charge on any atom is 0.342 e. The Labute approximate surface area is 109 Å². The molecule has 2 heterocycles. The molecule has 0 unspecified atom stereocenters. The molecule has 2 aromatic heterocycles. The third kappa shape index (κ3) is 1.64. The van der Waals surface area contributed by atoms with Gasteiger partial charge in [0, 0.05) is 10.9 Å². The van der Waals surface area contributed by atoms with Gasteiger partial charge >= 0.3 is 5.97 Å². The molecule has 0 saturated heterocycles. The molecule has 0 saturated carbocycles. The molecule has 100 valence electrons. The molecule has 0 aliphatic heterocycles. The van der Waals surface area contributed by atoms with Crippen LogP contribution in [0.25, 0.3) is 21.9 Å². The number of aromatic carboxylic acids is 1. The minimum atomic E-state index is -1.39. The molecule has 3 rings (SSSR count). The third-order valence-corrected chi connectivity index (χ3v) is 2.95. The number of carboxylic acid groups (broad SMARTS) is 1. The highest BCUT2D eigenvalue weighted by atomic mass is 16.4. The van der Waals surface area contributed by atoms with Gasteiger partial charge in [-0.2, -0.15) is 0 Å². The van der Waals surface area contributed by atoms with Crippen LogP contribution in [0.1, 0.15) is 10.4 Å². The lowest BCUT2D eigenvalue weighted by Gasteiger charge is -2.02. The summed E-state index contributed by atoms with van der Waals surface area (Å²) >= 11 is 0. The lowest BCUT2D eigenvalue weighted by Crippen LogP contribution is -2.14. The number of carboxylic acids is 1. The fraction of sp³-hybridized carbons (Fsp3) is 0. The van der Waals surface area contributed by atoms with Crippen molar-refractivity contribution in [2.45, 2.75) is 0 Å². The number of aromatic hydroxyl groups is 1. The van der Waals surface area contributed by atoms with E-state index in [1.54, 1.807) is 0 Å². The average molecular weight is 273 g/mol. The van der Waals surface area contributed by atoms with Crippen LogP contribution >= 0.6 is 0 Å². The Bertz CT molecular complexity index is 982. The molecule has 3 aromatic rings. The van der Waals surface area contributed by atoms with Gasteiger partial charge in [0.2, 0.25) is 5.43 Å². The summed E-state index contributed by atoms with van der Waals surface area (Å²) < 4.78 is 5.11. The van der Waals surface area contributed by atoms with Crippen molar-refractivity contribution < 1.29 is 19.4 Å². The van der Waals surface area contributed by atoms with E-state index in [9.17, 15) is 19.5 Å². The van der Waals surface area contributed by atoms with Crippen LogP contribution in [0.3, 0.4) is 0 Å². The molecule has 0 radical (unpaired) electrons. The van der Waals surface area contributed by atoms with Crippen LogP contribution in [0.4, 0.5) is 0 Å². The Morgan fingerprint density at radius 2 is 1.95 bits per heavy atom. The van der Waals surface area contributed by atoms with Gasteiger partial charge in [0.15, 0.2) is 5.75 Å². The van der Waals surface area contributed by atoms with Gasteiger partial charge in [-0.3, -0.25) is 9.59 Å². The molecule has 3 N–H and O–H groups in total. The predicted octanol–water partition coefficient (Wildman–Crippen LogP) is 1.04. The maximum atomic E-state index is 12.0. The van der Waals surface area contributed by atoms with Gasteiger partial charge in [-0.05, 0) is 18.2 Å². The molecule has 0 spiro atoms. The number of H-pyrrole nitrogens is 1. The minimum absolute atomic E-state index is 0.0405. The van der Waals surface area contributed by atoms with Crippen molar-refractivity contribution >= 4 is 27.8 Å². The van der Waals surface area contributed by atoms with Crippen LogP contribution in [-0.4, -0.2) is 21.2 Å². The molecule has 0 aliphatic rings. The Hall–Kier alpha value is -3.09. The molecule has 20 heavy (non-hydrogen) atoms. The quantitative estimate of drug-likeness (QED) is 0.569. The largest absolute Gasteiger partial charge is 0.503 e. The summed E-state index contributed by atoms with van der Waals surface area (Å²) in [6.45, 7) is 0. The number of hydrogen-bond acceptors (Lipinski definition) is 5. The molecular formula is C13H7NO6. The second kappa shape index (κ2) is 3.95. The van der Waals surface area contributed by atoms with Gasteiger partial charge in [-0.15, -0.1) is 0 Å². The van der Waals surface area contributed by atoms with Crippen LogP contribution in [0.2, 0.25) is 0 Å². The minimum Gasteiger partial charge on any atom is -0.503 e. The fourth-order valence-corrected chi connectivity index (χ4v) is 1.97. The smallest absolute Gasteiger partial charge is 0.342 e. The molecular weight excluding hydrogens is 266 g/mol. The van der Waals surface area contributed by atoms with E-state index in [0.29, 0.717) is 10.9 Å². The average Bonchev–Trinajstić information content (AvgIpc) is 2.39. The first-order valence-corrected chi connectivity index (χ1v) is 5.52. The van der Waals surface area contributed by atoms with Gasteiger partial charge < -0.3 is 19.6 Å². The summed E-state index contributed by atoms with van der Waals surface area (Å²) in [6, 6.07) is 4.00. The van der Waals surface area contributed by atoms with Gasteiger partial charge in [-0.1, -0.05) is 0 Å². The first kappa shape index (κ1) is 12.0. The van der Waals surface area contributed by atoms with Crippen molar-refractivity contribution in [3.63, 3.8) is 0 Å². The number of aromatic nitrogens is 1. The summed E-state index contributed by atoms with van der Waals surface area (Å²) in [5, 5.41) is 18.7. The Kier molecular flexibility index (Phi) is 2.37. The van der Waals surface area contributed by atoms with Crippen molar-refractivity contribution in [3.8, 4) is 5.75 Å². The number of rotatable bonds is 1. The molecule has 0 aliphatic carbocycles. The zero-order valence-corrected chi connectivity index (χ0v) is 9.84.